The van der Waals surface area contributed by atoms with Gasteiger partial charge in [-0.05, 0) is 42.8 Å². The number of ether oxygens (including phenoxy) is 1. The molecule has 0 N–H and O–H groups in total. The van der Waals surface area contributed by atoms with Crippen LogP contribution in [0.1, 0.15) is 18.7 Å². The van der Waals surface area contributed by atoms with Crippen molar-refractivity contribution < 1.29 is 13.9 Å². The van der Waals surface area contributed by atoms with Crippen molar-refractivity contribution in [1.29, 1.82) is 0 Å². The molecule has 1 aromatic heterocycles. The van der Waals surface area contributed by atoms with E-state index in [1.807, 2.05) is 47.4 Å². The van der Waals surface area contributed by atoms with Crippen LogP contribution in [0.5, 0.6) is 5.75 Å². The number of hydrogen-bond donors (Lipinski definition) is 0. The van der Waals surface area contributed by atoms with Gasteiger partial charge in [0.15, 0.2) is 0 Å². The maximum atomic E-state index is 12.6. The van der Waals surface area contributed by atoms with Crippen LogP contribution in [-0.4, -0.2) is 54.3 Å². The summed E-state index contributed by atoms with van der Waals surface area (Å²) in [5, 5.41) is 8.20. The van der Waals surface area contributed by atoms with Crippen molar-refractivity contribution in [1.82, 2.24) is 15.1 Å². The molecule has 0 saturated carbocycles. The summed E-state index contributed by atoms with van der Waals surface area (Å²) in [5.74, 6) is 2.13. The van der Waals surface area contributed by atoms with Crippen LogP contribution < -0.4 is 9.64 Å². The highest BCUT2D eigenvalue weighted by molar-refractivity contribution is 5.76. The van der Waals surface area contributed by atoms with E-state index in [9.17, 15) is 4.79 Å². The fourth-order valence-corrected chi connectivity index (χ4v) is 3.61. The molecule has 0 radical (unpaired) electrons. The minimum atomic E-state index is 0.187. The lowest BCUT2D eigenvalue weighted by Crippen LogP contribution is -2.48. The number of amides is 1. The maximum Gasteiger partial charge on any atom is 0.247 e. The van der Waals surface area contributed by atoms with Crippen LogP contribution >= 0.6 is 0 Å². The van der Waals surface area contributed by atoms with E-state index < -0.39 is 0 Å². The minimum Gasteiger partial charge on any atom is -0.497 e. The first-order valence-electron chi connectivity index (χ1n) is 10.3. The van der Waals surface area contributed by atoms with Gasteiger partial charge in [0.1, 0.15) is 5.75 Å². The topological polar surface area (TPSA) is 71.7 Å². The van der Waals surface area contributed by atoms with Gasteiger partial charge in [0.05, 0.1) is 7.11 Å². The summed E-state index contributed by atoms with van der Waals surface area (Å²) in [5.41, 5.74) is 2.07. The Morgan fingerprint density at radius 3 is 2.43 bits per heavy atom. The second kappa shape index (κ2) is 9.43. The zero-order chi connectivity index (χ0) is 20.8. The third-order valence-corrected chi connectivity index (χ3v) is 5.34. The third-order valence-electron chi connectivity index (χ3n) is 5.34. The van der Waals surface area contributed by atoms with E-state index in [2.05, 4.69) is 27.2 Å². The maximum absolute atomic E-state index is 12.6. The highest BCUT2D eigenvalue weighted by Gasteiger charge is 2.21. The molecule has 2 heterocycles. The van der Waals surface area contributed by atoms with Crippen molar-refractivity contribution in [3.63, 3.8) is 0 Å². The molecule has 0 atom stereocenters. The lowest BCUT2D eigenvalue weighted by Gasteiger charge is -2.36. The summed E-state index contributed by atoms with van der Waals surface area (Å²) >= 11 is 0. The summed E-state index contributed by atoms with van der Waals surface area (Å²) in [7, 11) is 1.67. The average molecular weight is 406 g/mol. The van der Waals surface area contributed by atoms with Crippen molar-refractivity contribution in [3.8, 4) is 17.2 Å². The zero-order valence-electron chi connectivity index (χ0n) is 17.2. The Kier molecular flexibility index (Phi) is 6.27. The fourth-order valence-electron chi connectivity index (χ4n) is 3.61. The van der Waals surface area contributed by atoms with Crippen LogP contribution in [0.2, 0.25) is 0 Å². The fraction of sp³-hybridized carbons (Fsp3) is 0.348. The molecule has 0 aliphatic carbocycles. The summed E-state index contributed by atoms with van der Waals surface area (Å²) in [4.78, 5) is 16.8. The number of aryl methyl sites for hydroxylation is 1. The van der Waals surface area contributed by atoms with E-state index in [-0.39, 0.29) is 5.91 Å². The van der Waals surface area contributed by atoms with Gasteiger partial charge in [-0.3, -0.25) is 4.79 Å². The molecule has 7 heteroatoms. The van der Waals surface area contributed by atoms with Gasteiger partial charge in [-0.2, -0.15) is 0 Å². The van der Waals surface area contributed by atoms with Crippen LogP contribution in [0.25, 0.3) is 11.5 Å². The first-order chi connectivity index (χ1) is 14.7. The normalized spacial score (nSPS) is 14.0. The number of anilines is 1. The number of benzene rings is 2. The van der Waals surface area contributed by atoms with Gasteiger partial charge < -0.3 is 19.0 Å². The molecule has 1 fully saturated rings. The van der Waals surface area contributed by atoms with Crippen molar-refractivity contribution in [2.24, 2.45) is 0 Å². The Balaban J connectivity index is 1.21. The Morgan fingerprint density at radius 1 is 1.00 bits per heavy atom. The number of aromatic nitrogens is 2. The highest BCUT2D eigenvalue weighted by atomic mass is 16.5. The number of methoxy groups -OCH3 is 1. The van der Waals surface area contributed by atoms with E-state index in [1.54, 1.807) is 7.11 Å². The van der Waals surface area contributed by atoms with Gasteiger partial charge in [0, 0.05) is 50.3 Å². The van der Waals surface area contributed by atoms with E-state index in [4.69, 9.17) is 9.15 Å². The van der Waals surface area contributed by atoms with E-state index >= 15 is 0 Å². The first-order valence-corrected chi connectivity index (χ1v) is 10.3. The van der Waals surface area contributed by atoms with Gasteiger partial charge >= 0.3 is 0 Å². The smallest absolute Gasteiger partial charge is 0.247 e. The molecule has 4 rings (SSSR count). The van der Waals surface area contributed by atoms with Gasteiger partial charge in [0.2, 0.25) is 17.7 Å². The predicted octanol–water partition coefficient (Wildman–Crippen LogP) is 3.42. The van der Waals surface area contributed by atoms with Gasteiger partial charge in [-0.25, -0.2) is 0 Å². The molecule has 30 heavy (non-hydrogen) atoms. The number of carbonyl (C=O) groups is 1. The van der Waals surface area contributed by atoms with Crippen molar-refractivity contribution in [3.05, 3.63) is 60.5 Å². The first kappa shape index (κ1) is 19.9. The van der Waals surface area contributed by atoms with Crippen LogP contribution in [0.15, 0.2) is 59.0 Å². The number of carbonyl (C=O) groups excluding carboxylic acids is 1. The summed E-state index contributed by atoms with van der Waals surface area (Å²) in [6.45, 7) is 3.15. The molecular formula is C23H26N4O3. The molecule has 1 aliphatic rings. The van der Waals surface area contributed by atoms with Gasteiger partial charge in [-0.15, -0.1) is 10.2 Å². The largest absolute Gasteiger partial charge is 0.497 e. The summed E-state index contributed by atoms with van der Waals surface area (Å²) < 4.78 is 10.9. The number of rotatable bonds is 7. The second-order valence-electron chi connectivity index (χ2n) is 7.29. The molecule has 1 amide bonds. The standard InChI is InChI=1S/C23H26N4O3/c1-29-20-12-10-19(11-13-20)26-14-16-27(17-15-26)22(28)9-5-8-21-24-25-23(30-21)18-6-3-2-4-7-18/h2-4,6-7,10-13H,5,8-9,14-17H2,1H3. The summed E-state index contributed by atoms with van der Waals surface area (Å²) in [6, 6.07) is 17.7. The Hall–Kier alpha value is -3.35. The number of piperazine rings is 1. The molecule has 156 valence electrons. The average Bonchev–Trinajstić information content (AvgIpc) is 3.29. The van der Waals surface area contributed by atoms with Crippen molar-refractivity contribution in [2.75, 3.05) is 38.2 Å². The quantitative estimate of drug-likeness (QED) is 0.599. The lowest BCUT2D eigenvalue weighted by molar-refractivity contribution is -0.131. The van der Waals surface area contributed by atoms with E-state index in [0.717, 1.165) is 43.2 Å². The Morgan fingerprint density at radius 2 is 1.73 bits per heavy atom. The molecule has 0 bridgehead atoms. The zero-order valence-corrected chi connectivity index (χ0v) is 17.2. The van der Waals surface area contributed by atoms with Gasteiger partial charge in [-0.1, -0.05) is 18.2 Å². The second-order valence-corrected chi connectivity index (χ2v) is 7.29. The van der Waals surface area contributed by atoms with Crippen LogP contribution in [0.4, 0.5) is 5.69 Å². The molecule has 1 saturated heterocycles. The molecule has 0 spiro atoms. The lowest BCUT2D eigenvalue weighted by atomic mass is 10.2. The third kappa shape index (κ3) is 4.79. The molecule has 0 unspecified atom stereocenters. The molecule has 7 nitrogen and oxygen atoms in total. The predicted molar refractivity (Wildman–Crippen MR) is 114 cm³/mol. The molecule has 1 aliphatic heterocycles. The van der Waals surface area contributed by atoms with Crippen LogP contribution in [0.3, 0.4) is 0 Å². The summed E-state index contributed by atoms with van der Waals surface area (Å²) in [6.07, 6.45) is 1.80. The molecule has 3 aromatic rings. The van der Waals surface area contributed by atoms with E-state index in [1.165, 1.54) is 0 Å². The molecule has 2 aromatic carbocycles. The monoisotopic (exact) mass is 406 g/mol. The van der Waals surface area contributed by atoms with Gasteiger partial charge in [0.25, 0.3) is 0 Å². The van der Waals surface area contributed by atoms with Crippen molar-refractivity contribution in [2.45, 2.75) is 19.3 Å². The highest BCUT2D eigenvalue weighted by Crippen LogP contribution is 2.21. The molecular weight excluding hydrogens is 380 g/mol. The van der Waals surface area contributed by atoms with Crippen LogP contribution in [-0.2, 0) is 11.2 Å². The minimum absolute atomic E-state index is 0.187. The Labute approximate surface area is 176 Å². The number of hydrogen-bond acceptors (Lipinski definition) is 6. The van der Waals surface area contributed by atoms with Crippen LogP contribution in [0, 0.1) is 0 Å². The Bertz CT molecular complexity index is 948. The number of nitrogens with zero attached hydrogens (tertiary/aromatic N) is 4. The van der Waals surface area contributed by atoms with Crippen molar-refractivity contribution >= 4 is 11.6 Å². The van der Waals surface area contributed by atoms with E-state index in [0.29, 0.717) is 31.0 Å². The SMILES string of the molecule is COc1ccc(N2CCN(C(=O)CCCc3nnc(-c4ccccc4)o3)CC2)cc1.